The molecule has 0 bridgehead atoms. The molecule has 0 fully saturated rings. The number of fused-ring (bicyclic) bond motifs is 1. The largest absolute Gasteiger partial charge is 0.333 e. The summed E-state index contributed by atoms with van der Waals surface area (Å²) >= 11 is 0. The number of imidazole rings is 1. The van der Waals surface area contributed by atoms with E-state index < -0.39 is 0 Å². The molecule has 1 aromatic heterocycles. The van der Waals surface area contributed by atoms with Crippen molar-refractivity contribution in [3.63, 3.8) is 0 Å². The number of nitrogens with zero attached hydrogens (tertiary/aromatic N) is 2. The summed E-state index contributed by atoms with van der Waals surface area (Å²) in [6.07, 6.45) is 4.22. The summed E-state index contributed by atoms with van der Waals surface area (Å²) in [7, 11) is 0. The molecule has 2 rings (SSSR count). The second-order valence-corrected chi connectivity index (χ2v) is 4.54. The molecule has 1 N–H and O–H groups in total. The van der Waals surface area contributed by atoms with Gasteiger partial charge in [0.15, 0.2) is 0 Å². The van der Waals surface area contributed by atoms with Gasteiger partial charge >= 0.3 is 0 Å². The minimum atomic E-state index is 0.0826. The fourth-order valence-electron chi connectivity index (χ4n) is 2.31. The van der Waals surface area contributed by atoms with Crippen molar-refractivity contribution < 1.29 is 0 Å². The molecule has 3 nitrogen and oxygen atoms in total. The summed E-state index contributed by atoms with van der Waals surface area (Å²) in [6, 6.07) is 0. The van der Waals surface area contributed by atoms with Crippen LogP contribution in [0, 0.1) is 0 Å². The van der Waals surface area contributed by atoms with E-state index in [4.69, 9.17) is 0 Å². The van der Waals surface area contributed by atoms with E-state index in [0.717, 1.165) is 19.5 Å². The number of aromatic nitrogens is 2. The monoisotopic (exact) mass is 193 g/mol. The van der Waals surface area contributed by atoms with Crippen molar-refractivity contribution in [2.75, 3.05) is 6.54 Å². The Bertz CT molecular complexity index is 325. The number of hydrogen-bond donors (Lipinski definition) is 1. The van der Waals surface area contributed by atoms with Gasteiger partial charge in [-0.15, -0.1) is 0 Å². The zero-order valence-corrected chi connectivity index (χ0v) is 9.30. The second-order valence-electron chi connectivity index (χ2n) is 4.54. The molecule has 0 amide bonds. The average molecular weight is 193 g/mol. The molecular formula is C11H19N3. The highest BCUT2D eigenvalue weighted by Gasteiger charge is 2.30. The average Bonchev–Trinajstić information content (AvgIpc) is 2.50. The fourth-order valence-corrected chi connectivity index (χ4v) is 2.31. The van der Waals surface area contributed by atoms with Crippen LogP contribution in [0.3, 0.4) is 0 Å². The van der Waals surface area contributed by atoms with Crippen molar-refractivity contribution in [3.05, 3.63) is 17.7 Å². The summed E-state index contributed by atoms with van der Waals surface area (Å²) < 4.78 is 2.29. The Morgan fingerprint density at radius 1 is 1.57 bits per heavy atom. The Labute approximate surface area is 85.5 Å². The molecule has 0 unspecified atom stereocenters. The van der Waals surface area contributed by atoms with E-state index in [1.807, 2.05) is 6.33 Å². The maximum Gasteiger partial charge on any atom is 0.0952 e. The van der Waals surface area contributed by atoms with Gasteiger partial charge in [0, 0.05) is 19.5 Å². The van der Waals surface area contributed by atoms with Gasteiger partial charge in [0.1, 0.15) is 0 Å². The highest BCUT2D eigenvalue weighted by molar-refractivity contribution is 5.24. The van der Waals surface area contributed by atoms with Gasteiger partial charge in [-0.2, -0.15) is 0 Å². The second kappa shape index (κ2) is 3.39. The summed E-state index contributed by atoms with van der Waals surface area (Å²) in [5.74, 6) is 0. The first-order chi connectivity index (χ1) is 6.65. The Hall–Kier alpha value is -0.830. The minimum absolute atomic E-state index is 0.0826. The third-order valence-electron chi connectivity index (χ3n) is 2.90. The lowest BCUT2D eigenvalue weighted by Gasteiger charge is -2.32. The van der Waals surface area contributed by atoms with Crippen molar-refractivity contribution in [2.45, 2.75) is 45.7 Å². The minimum Gasteiger partial charge on any atom is -0.333 e. The molecule has 1 aromatic rings. The van der Waals surface area contributed by atoms with Crippen molar-refractivity contribution in [3.8, 4) is 0 Å². The van der Waals surface area contributed by atoms with Gasteiger partial charge < -0.3 is 9.88 Å². The lowest BCUT2D eigenvalue weighted by Crippen LogP contribution is -2.43. The molecular weight excluding hydrogens is 174 g/mol. The van der Waals surface area contributed by atoms with Gasteiger partial charge in [0.2, 0.25) is 0 Å². The molecule has 1 aliphatic rings. The maximum atomic E-state index is 4.49. The lowest BCUT2D eigenvalue weighted by atomic mass is 9.93. The van der Waals surface area contributed by atoms with Crippen LogP contribution in [0.4, 0.5) is 0 Å². The fraction of sp³-hybridized carbons (Fsp3) is 0.727. The van der Waals surface area contributed by atoms with Crippen LogP contribution in [-0.4, -0.2) is 16.1 Å². The van der Waals surface area contributed by atoms with E-state index in [2.05, 4.69) is 35.6 Å². The topological polar surface area (TPSA) is 29.9 Å². The third-order valence-corrected chi connectivity index (χ3v) is 2.90. The highest BCUT2D eigenvalue weighted by Crippen LogP contribution is 2.27. The Balaban J connectivity index is 2.42. The molecule has 0 spiro atoms. The van der Waals surface area contributed by atoms with Crippen LogP contribution >= 0.6 is 0 Å². The predicted octanol–water partition coefficient (Wildman–Crippen LogP) is 1.67. The molecule has 2 heterocycles. The molecule has 0 aliphatic carbocycles. The zero-order valence-electron chi connectivity index (χ0n) is 9.30. The predicted molar refractivity (Wildman–Crippen MR) is 57.3 cm³/mol. The molecule has 0 atom stereocenters. The molecule has 78 valence electrons. The Kier molecular flexibility index (Phi) is 2.35. The maximum absolute atomic E-state index is 4.49. The Morgan fingerprint density at radius 3 is 3.07 bits per heavy atom. The van der Waals surface area contributed by atoms with E-state index in [-0.39, 0.29) is 5.54 Å². The van der Waals surface area contributed by atoms with Crippen LogP contribution in [-0.2, 0) is 18.5 Å². The molecule has 3 heteroatoms. The van der Waals surface area contributed by atoms with Gasteiger partial charge in [0.25, 0.3) is 0 Å². The number of hydrogen-bond acceptors (Lipinski definition) is 2. The SMILES string of the molecule is CCCn1cnc2c1C(C)(C)NCC2. The van der Waals surface area contributed by atoms with E-state index in [9.17, 15) is 0 Å². The van der Waals surface area contributed by atoms with Crippen molar-refractivity contribution in [1.82, 2.24) is 14.9 Å². The first-order valence-corrected chi connectivity index (χ1v) is 5.44. The molecule has 0 saturated carbocycles. The van der Waals surface area contributed by atoms with Crippen LogP contribution in [0.2, 0.25) is 0 Å². The van der Waals surface area contributed by atoms with Gasteiger partial charge in [0.05, 0.1) is 23.3 Å². The lowest BCUT2D eigenvalue weighted by molar-refractivity contribution is 0.353. The number of rotatable bonds is 2. The molecule has 14 heavy (non-hydrogen) atoms. The van der Waals surface area contributed by atoms with Crippen LogP contribution in [0.25, 0.3) is 0 Å². The van der Waals surface area contributed by atoms with Crippen molar-refractivity contribution in [1.29, 1.82) is 0 Å². The third kappa shape index (κ3) is 1.46. The van der Waals surface area contributed by atoms with E-state index in [0.29, 0.717) is 0 Å². The number of aryl methyl sites for hydroxylation is 1. The van der Waals surface area contributed by atoms with E-state index in [1.54, 1.807) is 0 Å². The van der Waals surface area contributed by atoms with Crippen molar-refractivity contribution >= 4 is 0 Å². The van der Waals surface area contributed by atoms with E-state index >= 15 is 0 Å². The number of nitrogens with one attached hydrogen (secondary N) is 1. The Morgan fingerprint density at radius 2 is 2.36 bits per heavy atom. The van der Waals surface area contributed by atoms with Gasteiger partial charge in [-0.25, -0.2) is 4.98 Å². The first-order valence-electron chi connectivity index (χ1n) is 5.44. The van der Waals surface area contributed by atoms with E-state index in [1.165, 1.54) is 17.8 Å². The summed E-state index contributed by atoms with van der Waals surface area (Å²) in [6.45, 7) is 8.80. The standard InChI is InChI=1S/C11H19N3/c1-4-7-14-8-12-9-5-6-13-11(2,3)10(9)14/h8,13H,4-7H2,1-3H3. The van der Waals surface area contributed by atoms with Gasteiger partial charge in [-0.1, -0.05) is 6.92 Å². The summed E-state index contributed by atoms with van der Waals surface area (Å²) in [5, 5.41) is 3.54. The quantitative estimate of drug-likeness (QED) is 0.774. The van der Waals surface area contributed by atoms with Crippen LogP contribution in [0.15, 0.2) is 6.33 Å². The van der Waals surface area contributed by atoms with Crippen LogP contribution < -0.4 is 5.32 Å². The first kappa shape index (κ1) is 9.71. The van der Waals surface area contributed by atoms with Gasteiger partial charge in [-0.3, -0.25) is 0 Å². The molecule has 1 aliphatic heterocycles. The van der Waals surface area contributed by atoms with Crippen LogP contribution in [0.1, 0.15) is 38.6 Å². The zero-order chi connectivity index (χ0) is 10.2. The summed E-state index contributed by atoms with van der Waals surface area (Å²) in [4.78, 5) is 4.49. The van der Waals surface area contributed by atoms with Crippen molar-refractivity contribution in [2.24, 2.45) is 0 Å². The molecule has 0 saturated heterocycles. The molecule has 0 aromatic carbocycles. The van der Waals surface area contributed by atoms with Gasteiger partial charge in [-0.05, 0) is 20.3 Å². The smallest absolute Gasteiger partial charge is 0.0952 e. The normalized spacial score (nSPS) is 19.4. The van der Waals surface area contributed by atoms with Crippen LogP contribution in [0.5, 0.6) is 0 Å². The summed E-state index contributed by atoms with van der Waals surface area (Å²) in [5.41, 5.74) is 2.74. The molecule has 0 radical (unpaired) electrons. The highest BCUT2D eigenvalue weighted by atomic mass is 15.1.